The highest BCUT2D eigenvalue weighted by molar-refractivity contribution is 5.79. The molecule has 1 fully saturated rings. The van der Waals surface area contributed by atoms with Gasteiger partial charge in [0.1, 0.15) is 5.75 Å². The molecule has 1 saturated heterocycles. The predicted molar refractivity (Wildman–Crippen MR) is 100 cm³/mol. The van der Waals surface area contributed by atoms with Crippen molar-refractivity contribution in [2.24, 2.45) is 10.4 Å². The fourth-order valence-corrected chi connectivity index (χ4v) is 2.98. The maximum atomic E-state index is 9.29. The molecule has 0 bridgehead atoms. The first-order valence-corrected chi connectivity index (χ1v) is 9.01. The average Bonchev–Trinajstić information content (AvgIpc) is 3.08. The Kier molecular flexibility index (Phi) is 8.01. The lowest BCUT2D eigenvalue weighted by Gasteiger charge is -2.27. The first kappa shape index (κ1) is 19.5. The molecule has 0 saturated carbocycles. The smallest absolute Gasteiger partial charge is 0.191 e. The Hall–Kier alpha value is -1.79. The van der Waals surface area contributed by atoms with Gasteiger partial charge in [0.2, 0.25) is 0 Å². The highest BCUT2D eigenvalue weighted by Crippen LogP contribution is 2.31. The normalized spacial score (nSPS) is 20.5. The van der Waals surface area contributed by atoms with E-state index in [-0.39, 0.29) is 12.0 Å². The van der Waals surface area contributed by atoms with Crippen molar-refractivity contribution in [3.05, 3.63) is 29.8 Å². The van der Waals surface area contributed by atoms with Gasteiger partial charge in [0.05, 0.1) is 13.2 Å². The number of aliphatic hydroxyl groups excluding tert-OH is 1. The standard InChI is InChI=1S/C19H31N3O3/c1-16-6-3-4-7-17(16)25-12-5-10-21-18(20-2)22-14-19(8-11-23)9-13-24-15-19/h3-4,6-7,23H,5,8-15H2,1-2H3,(H2,20,21,22). The molecule has 1 aromatic carbocycles. The molecule has 140 valence electrons. The molecule has 1 atom stereocenters. The molecule has 6 nitrogen and oxygen atoms in total. The number of aliphatic hydroxyl groups is 1. The van der Waals surface area contributed by atoms with Gasteiger partial charge in [0.15, 0.2) is 5.96 Å². The van der Waals surface area contributed by atoms with Gasteiger partial charge in [-0.2, -0.15) is 0 Å². The molecule has 0 spiro atoms. The van der Waals surface area contributed by atoms with Crippen LogP contribution in [0.4, 0.5) is 0 Å². The highest BCUT2D eigenvalue weighted by Gasteiger charge is 2.34. The number of rotatable bonds is 9. The van der Waals surface area contributed by atoms with Gasteiger partial charge < -0.3 is 25.2 Å². The van der Waals surface area contributed by atoms with Crippen molar-refractivity contribution < 1.29 is 14.6 Å². The van der Waals surface area contributed by atoms with Crippen molar-refractivity contribution >= 4 is 5.96 Å². The van der Waals surface area contributed by atoms with Crippen molar-refractivity contribution in [3.63, 3.8) is 0 Å². The predicted octanol–water partition coefficient (Wildman–Crippen LogP) is 1.72. The van der Waals surface area contributed by atoms with Gasteiger partial charge in [-0.3, -0.25) is 4.99 Å². The minimum Gasteiger partial charge on any atom is -0.493 e. The molecule has 0 aromatic heterocycles. The fraction of sp³-hybridized carbons (Fsp3) is 0.632. The van der Waals surface area contributed by atoms with E-state index in [9.17, 15) is 5.11 Å². The maximum Gasteiger partial charge on any atom is 0.191 e. The second-order valence-electron chi connectivity index (χ2n) is 6.60. The van der Waals surface area contributed by atoms with Gasteiger partial charge in [-0.1, -0.05) is 18.2 Å². The summed E-state index contributed by atoms with van der Waals surface area (Å²) < 4.78 is 11.3. The van der Waals surface area contributed by atoms with Gasteiger partial charge in [-0.25, -0.2) is 0 Å². The molecule has 0 aliphatic carbocycles. The van der Waals surface area contributed by atoms with E-state index in [0.29, 0.717) is 13.2 Å². The molecule has 1 aliphatic heterocycles. The number of ether oxygens (including phenoxy) is 2. The Morgan fingerprint density at radius 3 is 2.88 bits per heavy atom. The zero-order valence-corrected chi connectivity index (χ0v) is 15.4. The van der Waals surface area contributed by atoms with Crippen molar-refractivity contribution in [2.45, 2.75) is 26.2 Å². The van der Waals surface area contributed by atoms with E-state index in [1.165, 1.54) is 0 Å². The van der Waals surface area contributed by atoms with Crippen LogP contribution in [0.5, 0.6) is 5.75 Å². The van der Waals surface area contributed by atoms with Gasteiger partial charge >= 0.3 is 0 Å². The second-order valence-corrected chi connectivity index (χ2v) is 6.60. The maximum absolute atomic E-state index is 9.29. The zero-order valence-electron chi connectivity index (χ0n) is 15.4. The highest BCUT2D eigenvalue weighted by atomic mass is 16.5. The summed E-state index contributed by atoms with van der Waals surface area (Å²) in [6.07, 6.45) is 2.61. The molecular weight excluding hydrogens is 318 g/mol. The molecule has 1 heterocycles. The molecule has 6 heteroatoms. The monoisotopic (exact) mass is 349 g/mol. The van der Waals surface area contributed by atoms with Gasteiger partial charge in [0, 0.05) is 38.8 Å². The van der Waals surface area contributed by atoms with Crippen LogP contribution in [0.3, 0.4) is 0 Å². The summed E-state index contributed by atoms with van der Waals surface area (Å²) in [6.45, 7) is 5.91. The Morgan fingerprint density at radius 1 is 1.36 bits per heavy atom. The molecular formula is C19H31N3O3. The average molecular weight is 349 g/mol. The number of aryl methyl sites for hydroxylation is 1. The molecule has 1 aliphatic rings. The summed E-state index contributed by atoms with van der Waals surface area (Å²) in [5.41, 5.74) is 1.17. The lowest BCUT2D eigenvalue weighted by atomic mass is 9.84. The zero-order chi connectivity index (χ0) is 18.0. The van der Waals surface area contributed by atoms with E-state index in [0.717, 1.165) is 56.2 Å². The third kappa shape index (κ3) is 6.21. The van der Waals surface area contributed by atoms with E-state index >= 15 is 0 Å². The summed E-state index contributed by atoms with van der Waals surface area (Å²) >= 11 is 0. The van der Waals surface area contributed by atoms with Crippen LogP contribution in [-0.4, -0.2) is 57.6 Å². The Morgan fingerprint density at radius 2 is 2.20 bits per heavy atom. The Labute approximate surface area is 150 Å². The van der Waals surface area contributed by atoms with E-state index in [1.807, 2.05) is 31.2 Å². The van der Waals surface area contributed by atoms with Crippen molar-refractivity contribution in [2.75, 3.05) is 46.6 Å². The van der Waals surface area contributed by atoms with E-state index < -0.39 is 0 Å². The van der Waals surface area contributed by atoms with Crippen molar-refractivity contribution in [3.8, 4) is 5.75 Å². The van der Waals surface area contributed by atoms with Crippen LogP contribution in [-0.2, 0) is 4.74 Å². The minimum absolute atomic E-state index is 0.0142. The summed E-state index contributed by atoms with van der Waals surface area (Å²) in [5.74, 6) is 1.72. The number of aliphatic imine (C=N–C) groups is 1. The molecule has 3 N–H and O–H groups in total. The number of para-hydroxylation sites is 1. The van der Waals surface area contributed by atoms with Crippen LogP contribution in [0.1, 0.15) is 24.8 Å². The van der Waals surface area contributed by atoms with E-state index in [1.54, 1.807) is 7.05 Å². The SMILES string of the molecule is CN=C(NCCCOc1ccccc1C)NCC1(CCO)CCOC1. The summed E-state index contributed by atoms with van der Waals surface area (Å²) in [6, 6.07) is 8.04. The molecule has 2 rings (SSSR count). The number of hydrogen-bond donors (Lipinski definition) is 3. The number of hydrogen-bond acceptors (Lipinski definition) is 4. The number of nitrogens with one attached hydrogen (secondary N) is 2. The topological polar surface area (TPSA) is 75.1 Å². The first-order chi connectivity index (χ1) is 12.2. The van der Waals surface area contributed by atoms with Crippen molar-refractivity contribution in [1.82, 2.24) is 10.6 Å². The van der Waals surface area contributed by atoms with Crippen LogP contribution in [0, 0.1) is 12.3 Å². The van der Waals surface area contributed by atoms with Crippen LogP contribution in [0.15, 0.2) is 29.3 Å². The number of guanidine groups is 1. The Balaban J connectivity index is 1.66. The van der Waals surface area contributed by atoms with Gasteiger partial charge in [-0.15, -0.1) is 0 Å². The van der Waals surface area contributed by atoms with Crippen LogP contribution < -0.4 is 15.4 Å². The lowest BCUT2D eigenvalue weighted by Crippen LogP contribution is -2.44. The third-order valence-electron chi connectivity index (χ3n) is 4.65. The quantitative estimate of drug-likeness (QED) is 0.360. The van der Waals surface area contributed by atoms with Gasteiger partial charge in [-0.05, 0) is 37.8 Å². The van der Waals surface area contributed by atoms with E-state index in [2.05, 4.69) is 15.6 Å². The molecule has 1 aromatic rings. The van der Waals surface area contributed by atoms with E-state index in [4.69, 9.17) is 9.47 Å². The van der Waals surface area contributed by atoms with Gasteiger partial charge in [0.25, 0.3) is 0 Å². The van der Waals surface area contributed by atoms with Crippen LogP contribution >= 0.6 is 0 Å². The van der Waals surface area contributed by atoms with Crippen LogP contribution in [0.25, 0.3) is 0 Å². The summed E-state index contributed by atoms with van der Waals surface area (Å²) in [7, 11) is 1.77. The first-order valence-electron chi connectivity index (χ1n) is 9.01. The molecule has 25 heavy (non-hydrogen) atoms. The molecule has 0 radical (unpaired) electrons. The number of benzene rings is 1. The van der Waals surface area contributed by atoms with Crippen LogP contribution in [0.2, 0.25) is 0 Å². The molecule has 1 unspecified atom stereocenters. The Bertz CT molecular complexity index is 542. The summed E-state index contributed by atoms with van der Waals surface area (Å²) in [4.78, 5) is 4.26. The second kappa shape index (κ2) is 10.3. The largest absolute Gasteiger partial charge is 0.493 e. The fourth-order valence-electron chi connectivity index (χ4n) is 2.98. The summed E-state index contributed by atoms with van der Waals surface area (Å²) in [5, 5.41) is 16.0. The molecule has 0 amide bonds. The third-order valence-corrected chi connectivity index (χ3v) is 4.65. The lowest BCUT2D eigenvalue weighted by molar-refractivity contribution is 0.127. The number of nitrogens with zero attached hydrogens (tertiary/aromatic N) is 1. The van der Waals surface area contributed by atoms with Crippen molar-refractivity contribution in [1.29, 1.82) is 0 Å². The minimum atomic E-state index is 0.0142.